The average Bonchev–Trinajstić information content (AvgIpc) is 3.05. The summed E-state index contributed by atoms with van der Waals surface area (Å²) in [5.41, 5.74) is 4.44. The van der Waals surface area contributed by atoms with E-state index in [0.29, 0.717) is 0 Å². The van der Waals surface area contributed by atoms with Gasteiger partial charge in [0, 0.05) is 29.3 Å². The summed E-state index contributed by atoms with van der Waals surface area (Å²) in [6, 6.07) is 2.43. The number of fused-ring (bicyclic) bond motifs is 1. The number of pyridine rings is 1. The molecule has 1 aromatic heterocycles. The van der Waals surface area contributed by atoms with Crippen LogP contribution in [0.1, 0.15) is 62.4 Å². The molecule has 5 heteroatoms. The number of nitrogens with one attached hydrogen (secondary N) is 1. The minimum atomic E-state index is 0.176. The van der Waals surface area contributed by atoms with Crippen LogP contribution in [-0.4, -0.2) is 29.0 Å². The first-order chi connectivity index (χ1) is 11.5. The van der Waals surface area contributed by atoms with Gasteiger partial charge in [0.15, 0.2) is 0 Å². The number of ether oxygens (including phenoxy) is 1. The molecule has 2 aliphatic heterocycles. The monoisotopic (exact) mass is 345 g/mol. The van der Waals surface area contributed by atoms with Gasteiger partial charge in [0.25, 0.3) is 0 Å². The normalized spacial score (nSPS) is 22.0. The van der Waals surface area contributed by atoms with Crippen LogP contribution >= 0.6 is 11.8 Å². The highest BCUT2D eigenvalue weighted by Crippen LogP contribution is 2.42. The van der Waals surface area contributed by atoms with E-state index in [1.807, 2.05) is 11.8 Å². The molecule has 2 aliphatic rings. The smallest absolute Gasteiger partial charge is 0.144 e. The number of hydrogen-bond acceptors (Lipinski definition) is 5. The minimum Gasteiger partial charge on any atom is -0.376 e. The number of aryl methyl sites for hydroxylation is 1. The molecule has 3 heterocycles. The molecule has 0 radical (unpaired) electrons. The molecule has 24 heavy (non-hydrogen) atoms. The molecule has 0 amide bonds. The van der Waals surface area contributed by atoms with Gasteiger partial charge in [0.05, 0.1) is 11.7 Å². The highest BCUT2D eigenvalue weighted by atomic mass is 32.2. The van der Waals surface area contributed by atoms with Crippen molar-refractivity contribution in [2.75, 3.05) is 18.5 Å². The Hall–Kier alpha value is -1.25. The van der Waals surface area contributed by atoms with Crippen molar-refractivity contribution in [3.63, 3.8) is 0 Å². The molecule has 1 unspecified atom stereocenters. The highest BCUT2D eigenvalue weighted by Gasteiger charge is 2.31. The van der Waals surface area contributed by atoms with Crippen molar-refractivity contribution in [3.05, 3.63) is 22.4 Å². The van der Waals surface area contributed by atoms with Crippen LogP contribution in [0.5, 0.6) is 0 Å². The fourth-order valence-electron chi connectivity index (χ4n) is 3.54. The molecule has 130 valence electrons. The van der Waals surface area contributed by atoms with Gasteiger partial charge in [-0.25, -0.2) is 4.98 Å². The second-order valence-corrected chi connectivity index (χ2v) is 9.02. The predicted octanol–water partition coefficient (Wildman–Crippen LogP) is 4.06. The quantitative estimate of drug-likeness (QED) is 0.872. The number of hydrogen-bond donors (Lipinski definition) is 1. The molecule has 0 saturated carbocycles. The van der Waals surface area contributed by atoms with Gasteiger partial charge in [-0.1, -0.05) is 27.2 Å². The summed E-state index contributed by atoms with van der Waals surface area (Å²) in [6.07, 6.45) is 5.45. The summed E-state index contributed by atoms with van der Waals surface area (Å²) in [6.45, 7) is 8.31. The van der Waals surface area contributed by atoms with Gasteiger partial charge in [0.2, 0.25) is 0 Å². The standard InChI is InChI=1S/C19H27N3OS/c1-4-6-17-16-12-24-19(2,3)9-14(16)15(10-20)18(22-17)21-11-13-7-5-8-23-13/h13H,4-9,11-12H2,1-3H3,(H,21,22). The lowest BCUT2D eigenvalue weighted by atomic mass is 9.91. The third kappa shape index (κ3) is 3.70. The van der Waals surface area contributed by atoms with Crippen molar-refractivity contribution >= 4 is 17.6 Å². The number of aromatic nitrogens is 1. The van der Waals surface area contributed by atoms with Crippen LogP contribution < -0.4 is 5.32 Å². The SMILES string of the molecule is CCCc1nc(NCC2CCCO2)c(C#N)c2c1CSC(C)(C)C2. The molecular formula is C19H27N3OS. The fourth-order valence-corrected chi connectivity index (χ4v) is 4.67. The Morgan fingerprint density at radius 3 is 2.92 bits per heavy atom. The first kappa shape index (κ1) is 17.6. The zero-order valence-corrected chi connectivity index (χ0v) is 15.8. The zero-order chi connectivity index (χ0) is 17.2. The van der Waals surface area contributed by atoms with E-state index in [9.17, 15) is 5.26 Å². The van der Waals surface area contributed by atoms with E-state index in [2.05, 4.69) is 32.2 Å². The Morgan fingerprint density at radius 2 is 2.25 bits per heavy atom. The zero-order valence-electron chi connectivity index (χ0n) is 14.9. The molecule has 0 bridgehead atoms. The fraction of sp³-hybridized carbons (Fsp3) is 0.684. The van der Waals surface area contributed by atoms with Gasteiger partial charge in [0.1, 0.15) is 11.9 Å². The summed E-state index contributed by atoms with van der Waals surface area (Å²) in [5, 5.41) is 13.2. The largest absolute Gasteiger partial charge is 0.376 e. The maximum atomic E-state index is 9.79. The molecule has 1 atom stereocenters. The lowest BCUT2D eigenvalue weighted by molar-refractivity contribution is 0.120. The van der Waals surface area contributed by atoms with Gasteiger partial charge < -0.3 is 10.1 Å². The Bertz CT molecular complexity index is 645. The van der Waals surface area contributed by atoms with E-state index in [1.54, 1.807) is 0 Å². The van der Waals surface area contributed by atoms with E-state index < -0.39 is 0 Å². The number of nitriles is 1. The topological polar surface area (TPSA) is 57.9 Å². The Labute approximate surface area is 149 Å². The summed E-state index contributed by atoms with van der Waals surface area (Å²) in [7, 11) is 0. The van der Waals surface area contributed by atoms with Gasteiger partial charge >= 0.3 is 0 Å². The average molecular weight is 346 g/mol. The van der Waals surface area contributed by atoms with Gasteiger partial charge in [-0.3, -0.25) is 0 Å². The van der Waals surface area contributed by atoms with Gasteiger partial charge in [-0.2, -0.15) is 17.0 Å². The molecule has 1 fully saturated rings. The van der Waals surface area contributed by atoms with Crippen molar-refractivity contribution in [2.45, 2.75) is 69.5 Å². The van der Waals surface area contributed by atoms with Crippen LogP contribution in [0.2, 0.25) is 0 Å². The van der Waals surface area contributed by atoms with Crippen LogP contribution in [0.4, 0.5) is 5.82 Å². The summed E-state index contributed by atoms with van der Waals surface area (Å²) in [5.74, 6) is 1.73. The van der Waals surface area contributed by atoms with Crippen LogP contribution in [0.15, 0.2) is 0 Å². The van der Waals surface area contributed by atoms with E-state index in [4.69, 9.17) is 9.72 Å². The predicted molar refractivity (Wildman–Crippen MR) is 99.5 cm³/mol. The van der Waals surface area contributed by atoms with Gasteiger partial charge in [-0.05, 0) is 36.8 Å². The highest BCUT2D eigenvalue weighted by molar-refractivity contribution is 7.99. The van der Waals surface area contributed by atoms with Crippen molar-refractivity contribution in [1.82, 2.24) is 4.98 Å². The van der Waals surface area contributed by atoms with E-state index in [0.717, 1.165) is 62.4 Å². The second-order valence-electron chi connectivity index (χ2n) is 7.34. The molecule has 0 aromatic carbocycles. The number of nitrogens with zero attached hydrogens (tertiary/aromatic N) is 2. The third-order valence-corrected chi connectivity index (χ3v) is 6.19. The van der Waals surface area contributed by atoms with E-state index >= 15 is 0 Å². The van der Waals surface area contributed by atoms with E-state index in [1.165, 1.54) is 16.8 Å². The summed E-state index contributed by atoms with van der Waals surface area (Å²) < 4.78 is 5.87. The molecule has 3 rings (SSSR count). The summed E-state index contributed by atoms with van der Waals surface area (Å²) >= 11 is 1.97. The molecule has 4 nitrogen and oxygen atoms in total. The van der Waals surface area contributed by atoms with Crippen LogP contribution in [0.3, 0.4) is 0 Å². The molecular weight excluding hydrogens is 318 g/mol. The van der Waals surface area contributed by atoms with Crippen molar-refractivity contribution in [2.24, 2.45) is 0 Å². The first-order valence-corrected chi connectivity index (χ1v) is 9.96. The summed E-state index contributed by atoms with van der Waals surface area (Å²) in [4.78, 5) is 4.85. The Kier molecular flexibility index (Phi) is 5.36. The van der Waals surface area contributed by atoms with Crippen LogP contribution in [0.25, 0.3) is 0 Å². The minimum absolute atomic E-state index is 0.176. The third-order valence-electron chi connectivity index (χ3n) is 4.83. The molecule has 1 saturated heterocycles. The van der Waals surface area contributed by atoms with Crippen molar-refractivity contribution in [1.29, 1.82) is 5.26 Å². The Balaban J connectivity index is 1.95. The number of thioether (sulfide) groups is 1. The van der Waals surface area contributed by atoms with E-state index in [-0.39, 0.29) is 10.9 Å². The van der Waals surface area contributed by atoms with Crippen LogP contribution in [0, 0.1) is 11.3 Å². The van der Waals surface area contributed by atoms with Gasteiger partial charge in [-0.15, -0.1) is 0 Å². The molecule has 1 aromatic rings. The lowest BCUT2D eigenvalue weighted by Gasteiger charge is -2.33. The maximum Gasteiger partial charge on any atom is 0.144 e. The van der Waals surface area contributed by atoms with Crippen LogP contribution in [-0.2, 0) is 23.3 Å². The maximum absolute atomic E-state index is 9.79. The van der Waals surface area contributed by atoms with Crippen molar-refractivity contribution < 1.29 is 4.74 Å². The molecule has 0 aliphatic carbocycles. The number of anilines is 1. The molecule has 1 N–H and O–H groups in total. The number of rotatable bonds is 5. The second kappa shape index (κ2) is 7.33. The molecule has 0 spiro atoms. The van der Waals surface area contributed by atoms with Crippen molar-refractivity contribution in [3.8, 4) is 6.07 Å². The first-order valence-electron chi connectivity index (χ1n) is 8.98. The lowest BCUT2D eigenvalue weighted by Crippen LogP contribution is -2.27. The Morgan fingerprint density at radius 1 is 1.42 bits per heavy atom.